The molecule has 2 rings (SSSR count). The molecule has 0 fully saturated rings. The molecule has 0 aliphatic rings. The Bertz CT molecular complexity index is 590. The highest BCUT2D eigenvalue weighted by Gasteiger charge is 2.16. The Morgan fingerprint density at radius 3 is 2.67 bits per heavy atom. The molecule has 0 saturated carbocycles. The average Bonchev–Trinajstić information content (AvgIpc) is 2.37. The van der Waals surface area contributed by atoms with Crippen molar-refractivity contribution in [2.24, 2.45) is 0 Å². The van der Waals surface area contributed by atoms with Crippen molar-refractivity contribution < 1.29 is 13.5 Å². The number of nitrogens with one attached hydrogen (secondary N) is 1. The fraction of sp³-hybridized carbons (Fsp3) is 0.250. The van der Waals surface area contributed by atoms with Gasteiger partial charge in [-0.15, -0.1) is 0 Å². The average molecular weight is 317 g/mol. The summed E-state index contributed by atoms with van der Waals surface area (Å²) >= 11 is 3.39. The van der Waals surface area contributed by atoms with Crippen molar-refractivity contribution in [3.63, 3.8) is 0 Å². The summed E-state index contributed by atoms with van der Waals surface area (Å²) < 4.78 is 31.5. The van der Waals surface area contributed by atoms with E-state index in [1.54, 1.807) is 19.2 Å². The largest absolute Gasteiger partial charge is 0.494 e. The molecule has 1 heterocycles. The molecule has 1 N–H and O–H groups in total. The Kier molecular flexibility index (Phi) is 3.65. The Hall–Kier alpha value is -1.43. The van der Waals surface area contributed by atoms with Gasteiger partial charge in [0.25, 0.3) is 6.43 Å². The molecule has 0 spiro atoms. The van der Waals surface area contributed by atoms with Gasteiger partial charge in [0.15, 0.2) is 0 Å². The molecule has 1 aromatic heterocycles. The first-order valence-corrected chi connectivity index (χ1v) is 6.00. The summed E-state index contributed by atoms with van der Waals surface area (Å²) in [4.78, 5) is 3.97. The maximum Gasteiger partial charge on any atom is 0.280 e. The molecule has 0 bridgehead atoms. The van der Waals surface area contributed by atoms with E-state index < -0.39 is 6.43 Å². The monoisotopic (exact) mass is 316 g/mol. The number of hydrogen-bond donors (Lipinski definition) is 1. The number of nitrogens with zero attached hydrogens (tertiary/aromatic N) is 1. The zero-order chi connectivity index (χ0) is 13.3. The van der Waals surface area contributed by atoms with Crippen molar-refractivity contribution >= 4 is 32.5 Å². The van der Waals surface area contributed by atoms with Crippen LogP contribution in [0.1, 0.15) is 12.1 Å². The van der Waals surface area contributed by atoms with E-state index in [4.69, 9.17) is 4.74 Å². The van der Waals surface area contributed by atoms with E-state index in [1.165, 1.54) is 13.2 Å². The number of methoxy groups -OCH3 is 1. The van der Waals surface area contributed by atoms with Gasteiger partial charge in [-0.05, 0) is 18.2 Å². The van der Waals surface area contributed by atoms with Gasteiger partial charge >= 0.3 is 0 Å². The first-order valence-electron chi connectivity index (χ1n) is 5.21. The molecule has 18 heavy (non-hydrogen) atoms. The summed E-state index contributed by atoms with van der Waals surface area (Å²) in [6, 6.07) is 4.83. The van der Waals surface area contributed by atoms with Crippen LogP contribution < -0.4 is 10.1 Å². The van der Waals surface area contributed by atoms with Crippen LogP contribution in [0.2, 0.25) is 0 Å². The van der Waals surface area contributed by atoms with E-state index in [9.17, 15) is 8.78 Å². The normalized spacial score (nSPS) is 11.0. The van der Waals surface area contributed by atoms with Crippen LogP contribution in [-0.2, 0) is 0 Å². The Morgan fingerprint density at radius 1 is 1.39 bits per heavy atom. The Balaban J connectivity index is 2.86. The summed E-state index contributed by atoms with van der Waals surface area (Å²) in [6.45, 7) is 0. The minimum Gasteiger partial charge on any atom is -0.494 e. The third-order valence-corrected chi connectivity index (χ3v) is 3.27. The number of rotatable bonds is 3. The number of ether oxygens (including phenoxy) is 1. The lowest BCUT2D eigenvalue weighted by atomic mass is 10.1. The minimum atomic E-state index is -2.62. The lowest BCUT2D eigenvalue weighted by Crippen LogP contribution is -1.99. The van der Waals surface area contributed by atoms with Crippen LogP contribution in [0.3, 0.4) is 0 Å². The molecule has 0 aliphatic carbocycles. The molecule has 6 heteroatoms. The number of aromatic nitrogens is 1. The highest BCUT2D eigenvalue weighted by Crippen LogP contribution is 2.37. The zero-order valence-corrected chi connectivity index (χ0v) is 11.4. The molecule has 1 aromatic carbocycles. The van der Waals surface area contributed by atoms with E-state index >= 15 is 0 Å². The van der Waals surface area contributed by atoms with E-state index in [1.807, 2.05) is 0 Å². The summed E-state index contributed by atoms with van der Waals surface area (Å²) in [5.74, 6) is 0.465. The lowest BCUT2D eigenvalue weighted by molar-refractivity contribution is 0.146. The molecular weight excluding hydrogens is 306 g/mol. The maximum atomic E-state index is 12.8. The second-order valence-corrected chi connectivity index (χ2v) is 4.47. The summed E-state index contributed by atoms with van der Waals surface area (Å²) in [5, 5.41) is 3.62. The van der Waals surface area contributed by atoms with Gasteiger partial charge in [0.05, 0.1) is 7.11 Å². The molecule has 0 aliphatic heterocycles. The highest BCUT2D eigenvalue weighted by molar-refractivity contribution is 9.10. The quantitative estimate of drug-likeness (QED) is 0.929. The number of anilines is 1. The van der Waals surface area contributed by atoms with Crippen molar-refractivity contribution in [1.82, 2.24) is 4.98 Å². The fourth-order valence-corrected chi connectivity index (χ4v) is 2.30. The van der Waals surface area contributed by atoms with Crippen LogP contribution in [0.5, 0.6) is 5.75 Å². The van der Waals surface area contributed by atoms with Crippen molar-refractivity contribution in [2.45, 2.75) is 6.43 Å². The van der Waals surface area contributed by atoms with Crippen LogP contribution in [0.15, 0.2) is 22.7 Å². The van der Waals surface area contributed by atoms with Gasteiger partial charge in [-0.1, -0.05) is 15.9 Å². The van der Waals surface area contributed by atoms with E-state index in [0.717, 1.165) is 9.86 Å². The predicted octanol–water partition coefficient (Wildman–Crippen LogP) is 3.99. The molecule has 96 valence electrons. The SMILES string of the molecule is CNc1cc(C(F)F)nc2c(OC)ccc(Br)c12. The first-order chi connectivity index (χ1) is 8.58. The molecule has 2 aromatic rings. The number of fused-ring (bicyclic) bond motifs is 1. The van der Waals surface area contributed by atoms with Crippen molar-refractivity contribution in [3.05, 3.63) is 28.4 Å². The Labute approximate surface area is 111 Å². The number of hydrogen-bond acceptors (Lipinski definition) is 3. The smallest absolute Gasteiger partial charge is 0.280 e. The summed E-state index contributed by atoms with van der Waals surface area (Å²) in [5.41, 5.74) is 0.721. The zero-order valence-electron chi connectivity index (χ0n) is 9.80. The molecule has 0 radical (unpaired) electrons. The third-order valence-electron chi connectivity index (χ3n) is 2.61. The second-order valence-electron chi connectivity index (χ2n) is 3.62. The molecule has 0 unspecified atom stereocenters. The van der Waals surface area contributed by atoms with Gasteiger partial charge in [-0.2, -0.15) is 0 Å². The first kappa shape index (κ1) is 13.0. The van der Waals surface area contributed by atoms with Crippen molar-refractivity contribution in [3.8, 4) is 5.75 Å². The fourth-order valence-electron chi connectivity index (χ4n) is 1.77. The lowest BCUT2D eigenvalue weighted by Gasteiger charge is -2.12. The topological polar surface area (TPSA) is 34.2 Å². The van der Waals surface area contributed by atoms with Crippen LogP contribution in [-0.4, -0.2) is 19.1 Å². The molecule has 0 saturated heterocycles. The van der Waals surface area contributed by atoms with Crippen LogP contribution in [0.25, 0.3) is 10.9 Å². The Morgan fingerprint density at radius 2 is 2.11 bits per heavy atom. The number of benzene rings is 1. The molecule has 0 amide bonds. The second kappa shape index (κ2) is 5.06. The number of pyridine rings is 1. The van der Waals surface area contributed by atoms with Crippen molar-refractivity contribution in [2.75, 3.05) is 19.5 Å². The molecular formula is C12H11BrF2N2O. The van der Waals surface area contributed by atoms with Gasteiger partial charge < -0.3 is 10.1 Å². The molecule has 3 nitrogen and oxygen atoms in total. The van der Waals surface area contributed by atoms with Crippen LogP contribution in [0.4, 0.5) is 14.5 Å². The van der Waals surface area contributed by atoms with E-state index in [0.29, 0.717) is 17.0 Å². The highest BCUT2D eigenvalue weighted by atomic mass is 79.9. The van der Waals surface area contributed by atoms with Gasteiger partial charge in [-0.3, -0.25) is 0 Å². The predicted molar refractivity (Wildman–Crippen MR) is 70.5 cm³/mol. The van der Waals surface area contributed by atoms with Gasteiger partial charge in [0.2, 0.25) is 0 Å². The standard InChI is InChI=1S/C12H11BrF2N2O/c1-16-7-5-8(12(14)15)17-11-9(18-2)4-3-6(13)10(7)11/h3-5,12H,1-2H3,(H,16,17). The van der Waals surface area contributed by atoms with Crippen molar-refractivity contribution in [1.29, 1.82) is 0 Å². The van der Waals surface area contributed by atoms with Crippen LogP contribution in [0, 0.1) is 0 Å². The summed E-state index contributed by atoms with van der Waals surface area (Å²) in [7, 11) is 3.16. The summed E-state index contributed by atoms with van der Waals surface area (Å²) in [6.07, 6.45) is -2.62. The van der Waals surface area contributed by atoms with Gasteiger partial charge in [-0.25, -0.2) is 13.8 Å². The minimum absolute atomic E-state index is 0.275. The van der Waals surface area contributed by atoms with E-state index in [-0.39, 0.29) is 5.69 Å². The van der Waals surface area contributed by atoms with Gasteiger partial charge in [0, 0.05) is 22.6 Å². The third kappa shape index (κ3) is 2.12. The number of alkyl halides is 2. The number of halogens is 3. The maximum absolute atomic E-state index is 12.8. The van der Waals surface area contributed by atoms with Crippen LogP contribution >= 0.6 is 15.9 Å². The van der Waals surface area contributed by atoms with E-state index in [2.05, 4.69) is 26.2 Å². The van der Waals surface area contributed by atoms with Gasteiger partial charge in [0.1, 0.15) is 17.0 Å². The molecule has 0 atom stereocenters.